The van der Waals surface area contributed by atoms with Gasteiger partial charge in [0.1, 0.15) is 18.3 Å². The summed E-state index contributed by atoms with van der Waals surface area (Å²) in [5, 5.41) is 1.83. The highest BCUT2D eigenvalue weighted by atomic mass is 127. The maximum atomic E-state index is 12.2. The molecule has 0 spiro atoms. The molecule has 0 radical (unpaired) electrons. The van der Waals surface area contributed by atoms with E-state index < -0.39 is 30.6 Å². The number of amides is 2. The predicted molar refractivity (Wildman–Crippen MR) is 88.5 cm³/mol. The van der Waals surface area contributed by atoms with E-state index in [0.717, 1.165) is 3.57 Å². The number of carbonyl (C=O) groups is 2. The number of hydrogen-bond acceptors (Lipinski definition) is 3. The Hall–Kier alpha value is -1.52. The highest BCUT2D eigenvalue weighted by molar-refractivity contribution is 14.1. The fourth-order valence-corrected chi connectivity index (χ4v) is 2.76. The Morgan fingerprint density at radius 2 is 1.96 bits per heavy atom. The third-order valence-electron chi connectivity index (χ3n) is 3.51. The largest absolute Gasteiger partial charge is 0.484 e. The van der Waals surface area contributed by atoms with E-state index in [2.05, 4.69) is 22.6 Å². The van der Waals surface area contributed by atoms with Gasteiger partial charge >= 0.3 is 6.18 Å². The molecule has 2 amide bonds. The molecule has 1 atom stereocenters. The van der Waals surface area contributed by atoms with E-state index in [1.807, 2.05) is 17.4 Å². The van der Waals surface area contributed by atoms with Crippen LogP contribution in [-0.4, -0.2) is 48.6 Å². The molecule has 1 aliphatic rings. The lowest BCUT2D eigenvalue weighted by atomic mass is 10.2. The van der Waals surface area contributed by atoms with Crippen molar-refractivity contribution in [2.24, 2.45) is 0 Å². The van der Waals surface area contributed by atoms with Crippen molar-refractivity contribution in [2.45, 2.75) is 25.1 Å². The summed E-state index contributed by atoms with van der Waals surface area (Å²) in [6.45, 7) is -1.33. The Labute approximate surface area is 150 Å². The number of ether oxygens (including phenoxy) is 1. The van der Waals surface area contributed by atoms with E-state index in [4.69, 9.17) is 4.74 Å². The SMILES string of the molecule is O=C(NCC(F)(F)F)C1CCCN1C(=O)COc1ccc(I)cc1. The summed E-state index contributed by atoms with van der Waals surface area (Å²) in [5.41, 5.74) is 0. The molecule has 132 valence electrons. The van der Waals surface area contributed by atoms with Gasteiger partial charge in [-0.05, 0) is 59.7 Å². The number of benzene rings is 1. The van der Waals surface area contributed by atoms with E-state index in [9.17, 15) is 22.8 Å². The van der Waals surface area contributed by atoms with Crippen molar-refractivity contribution >= 4 is 34.4 Å². The van der Waals surface area contributed by atoms with E-state index in [1.165, 1.54) is 4.90 Å². The Morgan fingerprint density at radius 1 is 1.29 bits per heavy atom. The number of nitrogens with one attached hydrogen (secondary N) is 1. The first-order valence-electron chi connectivity index (χ1n) is 7.28. The summed E-state index contributed by atoms with van der Waals surface area (Å²) in [4.78, 5) is 25.3. The van der Waals surface area contributed by atoms with Gasteiger partial charge in [0, 0.05) is 10.1 Å². The number of nitrogens with zero attached hydrogens (tertiary/aromatic N) is 1. The molecule has 9 heteroatoms. The molecule has 1 unspecified atom stereocenters. The van der Waals surface area contributed by atoms with Crippen molar-refractivity contribution in [2.75, 3.05) is 19.7 Å². The van der Waals surface area contributed by atoms with Crippen LogP contribution < -0.4 is 10.1 Å². The number of halogens is 4. The van der Waals surface area contributed by atoms with Crippen molar-refractivity contribution in [3.63, 3.8) is 0 Å². The lowest BCUT2D eigenvalue weighted by Gasteiger charge is -2.24. The number of rotatable bonds is 5. The first-order chi connectivity index (χ1) is 11.3. The summed E-state index contributed by atoms with van der Waals surface area (Å²) in [6, 6.07) is 6.20. The van der Waals surface area contributed by atoms with Crippen LogP contribution in [0.2, 0.25) is 0 Å². The maximum Gasteiger partial charge on any atom is 0.405 e. The van der Waals surface area contributed by atoms with Gasteiger partial charge in [0.05, 0.1) is 0 Å². The Morgan fingerprint density at radius 3 is 2.58 bits per heavy atom. The Bertz CT molecular complexity index is 593. The average molecular weight is 456 g/mol. The molecule has 1 N–H and O–H groups in total. The smallest absolute Gasteiger partial charge is 0.405 e. The summed E-state index contributed by atoms with van der Waals surface area (Å²) in [6.07, 6.45) is -3.56. The molecule has 0 bridgehead atoms. The number of likely N-dealkylation sites (tertiary alicyclic amines) is 1. The van der Waals surface area contributed by atoms with Crippen molar-refractivity contribution in [3.05, 3.63) is 27.8 Å². The molecule has 0 saturated carbocycles. The summed E-state index contributed by atoms with van der Waals surface area (Å²) in [7, 11) is 0. The molecule has 1 aromatic carbocycles. The number of hydrogen-bond donors (Lipinski definition) is 1. The zero-order valence-electron chi connectivity index (χ0n) is 12.6. The number of carbonyl (C=O) groups excluding carboxylic acids is 2. The van der Waals surface area contributed by atoms with Crippen LogP contribution in [0.1, 0.15) is 12.8 Å². The highest BCUT2D eigenvalue weighted by Crippen LogP contribution is 2.20. The van der Waals surface area contributed by atoms with Gasteiger partial charge in [-0.1, -0.05) is 0 Å². The molecule has 1 aliphatic heterocycles. The zero-order chi connectivity index (χ0) is 17.7. The quantitative estimate of drug-likeness (QED) is 0.693. The van der Waals surface area contributed by atoms with Gasteiger partial charge in [0.15, 0.2) is 6.61 Å². The summed E-state index contributed by atoms with van der Waals surface area (Å²) < 4.78 is 42.9. The van der Waals surface area contributed by atoms with Crippen molar-refractivity contribution in [1.82, 2.24) is 10.2 Å². The monoisotopic (exact) mass is 456 g/mol. The van der Waals surface area contributed by atoms with Crippen LogP contribution in [0.25, 0.3) is 0 Å². The third-order valence-corrected chi connectivity index (χ3v) is 4.23. The average Bonchev–Trinajstić information content (AvgIpc) is 3.01. The molecule has 0 aromatic heterocycles. The van der Waals surface area contributed by atoms with Gasteiger partial charge in [0.2, 0.25) is 5.91 Å². The molecule has 1 heterocycles. The second kappa shape index (κ2) is 8.04. The fourth-order valence-electron chi connectivity index (χ4n) is 2.40. The van der Waals surface area contributed by atoms with Gasteiger partial charge in [0.25, 0.3) is 5.91 Å². The van der Waals surface area contributed by atoms with E-state index >= 15 is 0 Å². The predicted octanol–water partition coefficient (Wildman–Crippen LogP) is 2.34. The lowest BCUT2D eigenvalue weighted by Crippen LogP contribution is -2.49. The summed E-state index contributed by atoms with van der Waals surface area (Å²) >= 11 is 2.14. The van der Waals surface area contributed by atoms with Crippen LogP contribution >= 0.6 is 22.6 Å². The van der Waals surface area contributed by atoms with E-state index in [1.54, 1.807) is 12.1 Å². The highest BCUT2D eigenvalue weighted by Gasteiger charge is 2.36. The topological polar surface area (TPSA) is 58.6 Å². The van der Waals surface area contributed by atoms with Crippen LogP contribution in [0, 0.1) is 3.57 Å². The molecule has 1 saturated heterocycles. The number of alkyl halides is 3. The van der Waals surface area contributed by atoms with Gasteiger partial charge < -0.3 is 15.0 Å². The van der Waals surface area contributed by atoms with Crippen LogP contribution in [0.4, 0.5) is 13.2 Å². The zero-order valence-corrected chi connectivity index (χ0v) is 14.8. The van der Waals surface area contributed by atoms with Crippen LogP contribution in [0.5, 0.6) is 5.75 Å². The minimum Gasteiger partial charge on any atom is -0.484 e. The van der Waals surface area contributed by atoms with Crippen LogP contribution in [0.15, 0.2) is 24.3 Å². The van der Waals surface area contributed by atoms with E-state index in [-0.39, 0.29) is 6.61 Å². The summed E-state index contributed by atoms with van der Waals surface area (Å²) in [5.74, 6) is -0.688. The third kappa shape index (κ3) is 5.53. The normalized spacial score (nSPS) is 17.7. The van der Waals surface area contributed by atoms with Crippen LogP contribution in [-0.2, 0) is 9.59 Å². The van der Waals surface area contributed by atoms with Crippen molar-refractivity contribution < 1.29 is 27.5 Å². The minimum absolute atomic E-state index is 0.260. The second-order valence-electron chi connectivity index (χ2n) is 5.32. The molecule has 24 heavy (non-hydrogen) atoms. The first-order valence-corrected chi connectivity index (χ1v) is 8.36. The molecule has 1 fully saturated rings. The fraction of sp³-hybridized carbons (Fsp3) is 0.467. The molecule has 5 nitrogen and oxygen atoms in total. The Kier molecular flexibility index (Phi) is 6.30. The molecule has 2 rings (SSSR count). The first kappa shape index (κ1) is 18.8. The standard InChI is InChI=1S/C15H16F3IN2O3/c16-15(17,18)9-20-14(23)12-2-1-7-21(12)13(22)8-24-11-5-3-10(19)4-6-11/h3-6,12H,1-2,7-9H2,(H,20,23). The van der Waals surface area contributed by atoms with Gasteiger partial charge in [-0.15, -0.1) is 0 Å². The van der Waals surface area contributed by atoms with E-state index in [0.29, 0.717) is 25.1 Å². The Balaban J connectivity index is 1.88. The minimum atomic E-state index is -4.48. The van der Waals surface area contributed by atoms with Crippen LogP contribution in [0.3, 0.4) is 0 Å². The van der Waals surface area contributed by atoms with Gasteiger partial charge in [-0.3, -0.25) is 9.59 Å². The molecule has 1 aromatic rings. The lowest BCUT2D eigenvalue weighted by molar-refractivity contribution is -0.145. The van der Waals surface area contributed by atoms with Crippen molar-refractivity contribution in [1.29, 1.82) is 0 Å². The van der Waals surface area contributed by atoms with Crippen molar-refractivity contribution in [3.8, 4) is 5.75 Å². The second-order valence-corrected chi connectivity index (χ2v) is 6.57. The molecular formula is C15H16F3IN2O3. The van der Waals surface area contributed by atoms with Gasteiger partial charge in [-0.25, -0.2) is 0 Å². The molecular weight excluding hydrogens is 440 g/mol. The maximum absolute atomic E-state index is 12.2. The van der Waals surface area contributed by atoms with Gasteiger partial charge in [-0.2, -0.15) is 13.2 Å². The molecule has 0 aliphatic carbocycles.